The highest BCUT2D eigenvalue weighted by Crippen LogP contribution is 2.51. The number of phenolic OH excluding ortho intramolecular Hbond substituents is 1. The molecule has 1 heterocycles. The molecule has 5 heteroatoms. The van der Waals surface area contributed by atoms with E-state index in [9.17, 15) is 5.11 Å². The summed E-state index contributed by atoms with van der Waals surface area (Å²) in [5.41, 5.74) is 6.21. The minimum Gasteiger partial charge on any atom is -0.508 e. The first-order chi connectivity index (χ1) is 15.3. The van der Waals surface area contributed by atoms with Crippen molar-refractivity contribution in [2.45, 2.75) is 19.8 Å². The van der Waals surface area contributed by atoms with Gasteiger partial charge in [0.25, 0.3) is 0 Å². The fourth-order valence-electron chi connectivity index (χ4n) is 4.44. The molecule has 168 valence electrons. The van der Waals surface area contributed by atoms with E-state index in [0.29, 0.717) is 5.75 Å². The molecule has 0 unspecified atom stereocenters. The lowest BCUT2D eigenvalue weighted by Crippen LogP contribution is -2.21. The number of anilines is 3. The van der Waals surface area contributed by atoms with Gasteiger partial charge in [-0.3, -0.25) is 0 Å². The molecule has 32 heavy (non-hydrogen) atoms. The second-order valence-electron chi connectivity index (χ2n) is 8.68. The number of nitrogens with zero attached hydrogens (tertiary/aromatic N) is 3. The van der Waals surface area contributed by atoms with E-state index in [2.05, 4.69) is 77.1 Å². The Kier molecular flexibility index (Phi) is 5.92. The van der Waals surface area contributed by atoms with Gasteiger partial charge in [-0.25, -0.2) is 0 Å². The average Bonchev–Trinajstić information content (AvgIpc) is 2.78. The van der Waals surface area contributed by atoms with Gasteiger partial charge < -0.3 is 24.5 Å². The molecule has 5 nitrogen and oxygen atoms in total. The summed E-state index contributed by atoms with van der Waals surface area (Å²) < 4.78 is 6.40. The average molecular weight is 432 g/mol. The van der Waals surface area contributed by atoms with Gasteiger partial charge in [-0.05, 0) is 32.0 Å². The van der Waals surface area contributed by atoms with Crippen molar-refractivity contribution in [2.75, 3.05) is 56.0 Å². The van der Waals surface area contributed by atoms with Crippen LogP contribution in [0, 0.1) is 0 Å². The van der Waals surface area contributed by atoms with E-state index >= 15 is 0 Å². The summed E-state index contributed by atoms with van der Waals surface area (Å²) in [7, 11) is 8.10. The predicted octanol–water partition coefficient (Wildman–Crippen LogP) is 5.66. The van der Waals surface area contributed by atoms with Crippen LogP contribution in [0.2, 0.25) is 0 Å². The summed E-state index contributed by atoms with van der Waals surface area (Å²) in [6, 6.07) is 18.7. The number of rotatable bonds is 6. The second kappa shape index (κ2) is 8.65. The Morgan fingerprint density at radius 2 is 1.16 bits per heavy atom. The zero-order valence-corrected chi connectivity index (χ0v) is 19.9. The van der Waals surface area contributed by atoms with Crippen LogP contribution in [0.15, 0.2) is 54.6 Å². The third-order valence-electron chi connectivity index (χ3n) is 6.32. The molecule has 3 aromatic carbocycles. The standard InChI is InChI=1S/C27H33N3O2/c1-7-30(8-2)20-11-12-21(24(31)15-20)27-22-13-9-18(28(3)4)16-25(22)32-26-17-19(29(5)6)10-14-23(26)27/h9-17,27,31H,7-8H2,1-6H3. The number of hydrogen-bond donors (Lipinski definition) is 1. The van der Waals surface area contributed by atoms with Gasteiger partial charge in [0.05, 0.1) is 0 Å². The van der Waals surface area contributed by atoms with Gasteiger partial charge >= 0.3 is 0 Å². The summed E-state index contributed by atoms with van der Waals surface area (Å²) in [6.07, 6.45) is 0. The van der Waals surface area contributed by atoms with Crippen molar-refractivity contribution in [1.29, 1.82) is 0 Å². The molecule has 1 N–H and O–H groups in total. The molecule has 0 radical (unpaired) electrons. The van der Waals surface area contributed by atoms with Gasteiger partial charge in [0.15, 0.2) is 0 Å². The maximum absolute atomic E-state index is 11.1. The lowest BCUT2D eigenvalue weighted by atomic mass is 9.82. The minimum absolute atomic E-state index is 0.105. The molecule has 0 atom stereocenters. The van der Waals surface area contributed by atoms with E-state index in [4.69, 9.17) is 4.74 Å². The van der Waals surface area contributed by atoms with Gasteiger partial charge in [0.2, 0.25) is 0 Å². The van der Waals surface area contributed by atoms with Crippen LogP contribution in [-0.2, 0) is 0 Å². The van der Waals surface area contributed by atoms with Crippen LogP contribution in [0.5, 0.6) is 17.2 Å². The number of fused-ring (bicyclic) bond motifs is 2. The maximum atomic E-state index is 11.1. The fraction of sp³-hybridized carbons (Fsp3) is 0.333. The molecule has 0 fully saturated rings. The third kappa shape index (κ3) is 3.83. The highest BCUT2D eigenvalue weighted by Gasteiger charge is 2.31. The Morgan fingerprint density at radius 1 is 0.688 bits per heavy atom. The number of aromatic hydroxyl groups is 1. The number of phenols is 1. The molecule has 0 spiro atoms. The monoisotopic (exact) mass is 431 g/mol. The topological polar surface area (TPSA) is 39.2 Å². The first kappa shape index (κ1) is 21.9. The molecule has 0 saturated carbocycles. The molecule has 0 bridgehead atoms. The molecule has 1 aliphatic rings. The highest BCUT2D eigenvalue weighted by atomic mass is 16.5. The molecule has 0 aliphatic carbocycles. The van der Waals surface area contributed by atoms with Gasteiger partial charge in [-0.1, -0.05) is 18.2 Å². The normalized spacial score (nSPS) is 12.6. The Labute approximate surface area is 191 Å². The van der Waals surface area contributed by atoms with Crippen LogP contribution in [-0.4, -0.2) is 46.4 Å². The SMILES string of the molecule is CCN(CC)c1ccc(C2c3ccc(N(C)C)cc3Oc3cc(N(C)C)ccc32)c(O)c1. The van der Waals surface area contributed by atoms with E-state index < -0.39 is 0 Å². The zero-order valence-electron chi connectivity index (χ0n) is 19.9. The molecular formula is C27H33N3O2. The van der Waals surface area contributed by atoms with Gasteiger partial charge in [-0.2, -0.15) is 0 Å². The van der Waals surface area contributed by atoms with E-state index in [-0.39, 0.29) is 5.92 Å². The number of benzene rings is 3. The third-order valence-corrected chi connectivity index (χ3v) is 6.32. The predicted molar refractivity (Wildman–Crippen MR) is 134 cm³/mol. The lowest BCUT2D eigenvalue weighted by molar-refractivity contribution is 0.443. The van der Waals surface area contributed by atoms with Crippen molar-refractivity contribution in [3.8, 4) is 17.2 Å². The Bertz CT molecular complexity index is 1060. The Morgan fingerprint density at radius 3 is 1.59 bits per heavy atom. The highest BCUT2D eigenvalue weighted by molar-refractivity contribution is 5.68. The fourth-order valence-corrected chi connectivity index (χ4v) is 4.44. The lowest BCUT2D eigenvalue weighted by Gasteiger charge is -2.31. The van der Waals surface area contributed by atoms with E-state index in [1.54, 1.807) is 0 Å². The van der Waals surface area contributed by atoms with Crippen molar-refractivity contribution >= 4 is 17.1 Å². The first-order valence-electron chi connectivity index (χ1n) is 11.2. The zero-order chi connectivity index (χ0) is 23.0. The summed E-state index contributed by atoms with van der Waals surface area (Å²) >= 11 is 0. The van der Waals surface area contributed by atoms with E-state index in [1.165, 1.54) is 0 Å². The molecule has 3 aromatic rings. The summed E-state index contributed by atoms with van der Waals surface area (Å²) in [6.45, 7) is 6.06. The second-order valence-corrected chi connectivity index (χ2v) is 8.68. The van der Waals surface area contributed by atoms with Crippen molar-refractivity contribution in [3.63, 3.8) is 0 Å². The van der Waals surface area contributed by atoms with Crippen LogP contribution >= 0.6 is 0 Å². The molecule has 1 aliphatic heterocycles. The smallest absolute Gasteiger partial charge is 0.133 e. The van der Waals surface area contributed by atoms with Crippen LogP contribution in [0.4, 0.5) is 17.1 Å². The molecule has 0 amide bonds. The van der Waals surface area contributed by atoms with Crippen molar-refractivity contribution < 1.29 is 9.84 Å². The van der Waals surface area contributed by atoms with Crippen LogP contribution in [0.25, 0.3) is 0 Å². The van der Waals surface area contributed by atoms with Gasteiger partial charge in [0, 0.05) is 99.1 Å². The largest absolute Gasteiger partial charge is 0.508 e. The molecule has 4 rings (SSSR count). The van der Waals surface area contributed by atoms with Crippen LogP contribution in [0.3, 0.4) is 0 Å². The summed E-state index contributed by atoms with van der Waals surface area (Å²) in [4.78, 5) is 6.38. The first-order valence-corrected chi connectivity index (χ1v) is 11.2. The quantitative estimate of drug-likeness (QED) is 0.427. The summed E-state index contributed by atoms with van der Waals surface area (Å²) in [5, 5.41) is 11.1. The minimum atomic E-state index is -0.105. The van der Waals surface area contributed by atoms with Gasteiger partial charge in [0.1, 0.15) is 17.2 Å². The number of ether oxygens (including phenoxy) is 1. The van der Waals surface area contributed by atoms with Crippen molar-refractivity contribution in [3.05, 3.63) is 71.3 Å². The maximum Gasteiger partial charge on any atom is 0.133 e. The molecular weight excluding hydrogens is 398 g/mol. The Hall–Kier alpha value is -3.34. The number of hydrogen-bond acceptors (Lipinski definition) is 5. The van der Waals surface area contributed by atoms with Crippen LogP contribution in [0.1, 0.15) is 36.5 Å². The van der Waals surface area contributed by atoms with Crippen LogP contribution < -0.4 is 19.4 Å². The van der Waals surface area contributed by atoms with E-state index in [0.717, 1.165) is 58.3 Å². The van der Waals surface area contributed by atoms with Gasteiger partial charge in [-0.15, -0.1) is 0 Å². The summed E-state index contributed by atoms with van der Waals surface area (Å²) in [5.74, 6) is 1.87. The molecule has 0 aromatic heterocycles. The Balaban J connectivity index is 1.88. The van der Waals surface area contributed by atoms with Crippen molar-refractivity contribution in [1.82, 2.24) is 0 Å². The van der Waals surface area contributed by atoms with Crippen molar-refractivity contribution in [2.24, 2.45) is 0 Å². The molecule has 0 saturated heterocycles. The van der Waals surface area contributed by atoms with E-state index in [1.807, 2.05) is 34.3 Å².